The highest BCUT2D eigenvalue weighted by molar-refractivity contribution is 7.15. The van der Waals surface area contributed by atoms with Crippen molar-refractivity contribution in [3.8, 4) is 5.75 Å². The van der Waals surface area contributed by atoms with Crippen LogP contribution in [0.25, 0.3) is 0 Å². The smallest absolute Gasteiger partial charge is 0.340 e. The van der Waals surface area contributed by atoms with Gasteiger partial charge in [-0.15, -0.1) is 11.3 Å². The SMILES string of the molecule is CCOc1c(C(=O)O)csc1Cl. The predicted octanol–water partition coefficient (Wildman–Crippen LogP) is 2.50. The van der Waals surface area contributed by atoms with Gasteiger partial charge in [0.05, 0.1) is 6.61 Å². The Morgan fingerprint density at radius 1 is 1.83 bits per heavy atom. The van der Waals surface area contributed by atoms with Crippen molar-refractivity contribution in [2.24, 2.45) is 0 Å². The summed E-state index contributed by atoms with van der Waals surface area (Å²) in [6.45, 7) is 2.19. The number of halogens is 1. The normalized spacial score (nSPS) is 9.83. The molecule has 0 amide bonds. The molecule has 0 radical (unpaired) electrons. The second-order valence-corrected chi connectivity index (χ2v) is 3.47. The van der Waals surface area contributed by atoms with Crippen molar-refractivity contribution >= 4 is 28.9 Å². The Balaban J connectivity index is 3.03. The molecule has 1 rings (SSSR count). The first-order valence-corrected chi connectivity index (χ1v) is 4.55. The van der Waals surface area contributed by atoms with E-state index in [0.29, 0.717) is 10.9 Å². The van der Waals surface area contributed by atoms with Gasteiger partial charge in [-0.25, -0.2) is 4.79 Å². The number of carboxylic acids is 1. The minimum Gasteiger partial charge on any atom is -0.490 e. The van der Waals surface area contributed by atoms with E-state index in [1.165, 1.54) is 5.38 Å². The van der Waals surface area contributed by atoms with E-state index in [1.807, 2.05) is 0 Å². The van der Waals surface area contributed by atoms with Crippen LogP contribution in [0.5, 0.6) is 5.75 Å². The van der Waals surface area contributed by atoms with Crippen LogP contribution in [0.2, 0.25) is 4.34 Å². The molecule has 1 heterocycles. The molecule has 66 valence electrons. The number of rotatable bonds is 3. The van der Waals surface area contributed by atoms with Gasteiger partial charge in [-0.1, -0.05) is 11.6 Å². The summed E-state index contributed by atoms with van der Waals surface area (Å²) < 4.78 is 5.45. The Labute approximate surface area is 78.5 Å². The van der Waals surface area contributed by atoms with Gasteiger partial charge < -0.3 is 9.84 Å². The van der Waals surface area contributed by atoms with Crippen molar-refractivity contribution in [1.82, 2.24) is 0 Å². The Morgan fingerprint density at radius 3 is 3.00 bits per heavy atom. The van der Waals surface area contributed by atoms with E-state index >= 15 is 0 Å². The van der Waals surface area contributed by atoms with Gasteiger partial charge in [0.15, 0.2) is 5.75 Å². The van der Waals surface area contributed by atoms with Gasteiger partial charge in [-0.2, -0.15) is 0 Å². The van der Waals surface area contributed by atoms with E-state index in [9.17, 15) is 4.79 Å². The fourth-order valence-electron chi connectivity index (χ4n) is 0.750. The quantitative estimate of drug-likeness (QED) is 0.827. The topological polar surface area (TPSA) is 46.5 Å². The maximum absolute atomic E-state index is 10.6. The molecular weight excluding hydrogens is 200 g/mol. The maximum atomic E-state index is 10.6. The van der Waals surface area contributed by atoms with Gasteiger partial charge in [-0.05, 0) is 6.92 Å². The highest BCUT2D eigenvalue weighted by Gasteiger charge is 2.16. The number of carbonyl (C=O) groups is 1. The molecule has 0 aliphatic carbocycles. The third-order valence-corrected chi connectivity index (χ3v) is 2.41. The molecule has 12 heavy (non-hydrogen) atoms. The van der Waals surface area contributed by atoms with Gasteiger partial charge in [0.2, 0.25) is 0 Å². The third kappa shape index (κ3) is 1.70. The first-order valence-electron chi connectivity index (χ1n) is 3.30. The summed E-state index contributed by atoms with van der Waals surface area (Å²) in [6, 6.07) is 0. The van der Waals surface area contributed by atoms with Crippen LogP contribution in [0, 0.1) is 0 Å². The molecule has 0 aliphatic heterocycles. The molecule has 1 aromatic rings. The van der Waals surface area contributed by atoms with E-state index < -0.39 is 5.97 Å². The van der Waals surface area contributed by atoms with Gasteiger partial charge in [0, 0.05) is 5.38 Å². The number of ether oxygens (including phenoxy) is 1. The van der Waals surface area contributed by atoms with Gasteiger partial charge in [0.25, 0.3) is 0 Å². The van der Waals surface area contributed by atoms with Gasteiger partial charge in [-0.3, -0.25) is 0 Å². The lowest BCUT2D eigenvalue weighted by molar-refractivity contribution is 0.0693. The zero-order chi connectivity index (χ0) is 9.14. The average Bonchev–Trinajstić information content (AvgIpc) is 2.34. The Hall–Kier alpha value is -0.740. The molecule has 0 atom stereocenters. The molecule has 5 heteroatoms. The highest BCUT2D eigenvalue weighted by atomic mass is 35.5. The molecule has 0 saturated heterocycles. The van der Waals surface area contributed by atoms with Crippen LogP contribution in [0.1, 0.15) is 17.3 Å². The number of hydrogen-bond donors (Lipinski definition) is 1. The minimum absolute atomic E-state index is 0.131. The van der Waals surface area contributed by atoms with Crippen molar-refractivity contribution in [2.45, 2.75) is 6.92 Å². The fraction of sp³-hybridized carbons (Fsp3) is 0.286. The summed E-state index contributed by atoms with van der Waals surface area (Å²) in [7, 11) is 0. The van der Waals surface area contributed by atoms with Crippen molar-refractivity contribution in [3.63, 3.8) is 0 Å². The fourth-order valence-corrected chi connectivity index (χ4v) is 1.75. The second kappa shape index (κ2) is 3.78. The lowest BCUT2D eigenvalue weighted by atomic mass is 10.3. The highest BCUT2D eigenvalue weighted by Crippen LogP contribution is 2.35. The standard InChI is InChI=1S/C7H7ClO3S/c1-2-11-5-4(7(9)10)3-12-6(5)8/h3H,2H2,1H3,(H,9,10). The van der Waals surface area contributed by atoms with Crippen LogP contribution >= 0.6 is 22.9 Å². The monoisotopic (exact) mass is 206 g/mol. The average molecular weight is 207 g/mol. The van der Waals surface area contributed by atoms with Crippen LogP contribution in [-0.2, 0) is 0 Å². The first-order chi connectivity index (χ1) is 5.66. The lowest BCUT2D eigenvalue weighted by Crippen LogP contribution is -1.99. The summed E-state index contributed by atoms with van der Waals surface area (Å²) in [5.74, 6) is -0.738. The van der Waals surface area contributed by atoms with Crippen LogP contribution < -0.4 is 4.74 Å². The Kier molecular flexibility index (Phi) is 2.94. The van der Waals surface area contributed by atoms with Crippen LogP contribution in [-0.4, -0.2) is 17.7 Å². The van der Waals surface area contributed by atoms with E-state index in [-0.39, 0.29) is 11.3 Å². The summed E-state index contributed by atoms with van der Waals surface area (Å²) in [5.41, 5.74) is 0.131. The van der Waals surface area contributed by atoms with Crippen LogP contribution in [0.15, 0.2) is 5.38 Å². The largest absolute Gasteiger partial charge is 0.490 e. The third-order valence-electron chi connectivity index (χ3n) is 1.22. The lowest BCUT2D eigenvalue weighted by Gasteiger charge is -2.01. The first kappa shape index (κ1) is 9.35. The van der Waals surface area contributed by atoms with E-state index in [1.54, 1.807) is 6.92 Å². The molecule has 0 fully saturated rings. The van der Waals surface area contributed by atoms with Crippen molar-refractivity contribution in [2.75, 3.05) is 6.61 Å². The Bertz CT molecular complexity index is 295. The minimum atomic E-state index is -1.01. The maximum Gasteiger partial charge on any atom is 0.340 e. The predicted molar refractivity (Wildman–Crippen MR) is 47.5 cm³/mol. The molecule has 0 spiro atoms. The van der Waals surface area contributed by atoms with Crippen LogP contribution in [0.3, 0.4) is 0 Å². The number of aromatic carboxylic acids is 1. The zero-order valence-corrected chi connectivity index (χ0v) is 7.91. The van der Waals surface area contributed by atoms with Gasteiger partial charge >= 0.3 is 5.97 Å². The van der Waals surface area contributed by atoms with E-state index in [4.69, 9.17) is 21.4 Å². The van der Waals surface area contributed by atoms with E-state index in [2.05, 4.69) is 0 Å². The molecule has 0 bridgehead atoms. The number of hydrogen-bond acceptors (Lipinski definition) is 3. The Morgan fingerprint density at radius 2 is 2.50 bits per heavy atom. The molecule has 0 unspecified atom stereocenters. The van der Waals surface area contributed by atoms with Crippen LogP contribution in [0.4, 0.5) is 0 Å². The summed E-state index contributed by atoms with van der Waals surface area (Å²) in [5, 5.41) is 10.1. The molecule has 0 saturated carbocycles. The van der Waals surface area contributed by atoms with Crippen molar-refractivity contribution in [1.29, 1.82) is 0 Å². The second-order valence-electron chi connectivity index (χ2n) is 1.99. The molecule has 0 aliphatic rings. The molecule has 3 nitrogen and oxygen atoms in total. The van der Waals surface area contributed by atoms with Crippen molar-refractivity contribution in [3.05, 3.63) is 15.3 Å². The number of thiophene rings is 1. The molecule has 1 aromatic heterocycles. The van der Waals surface area contributed by atoms with E-state index in [0.717, 1.165) is 11.3 Å². The summed E-state index contributed by atoms with van der Waals surface area (Å²) in [4.78, 5) is 10.6. The molecule has 0 aromatic carbocycles. The summed E-state index contributed by atoms with van der Waals surface area (Å²) >= 11 is 6.86. The molecular formula is C7H7ClO3S. The number of carboxylic acid groups (broad SMARTS) is 1. The zero-order valence-electron chi connectivity index (χ0n) is 6.33. The van der Waals surface area contributed by atoms with Gasteiger partial charge in [0.1, 0.15) is 9.90 Å². The van der Waals surface area contributed by atoms with Crippen molar-refractivity contribution < 1.29 is 14.6 Å². The summed E-state index contributed by atoms with van der Waals surface area (Å²) in [6.07, 6.45) is 0. The molecule has 1 N–H and O–H groups in total.